The van der Waals surface area contributed by atoms with Gasteiger partial charge in [-0.15, -0.1) is 0 Å². The van der Waals surface area contributed by atoms with Gasteiger partial charge in [0.15, 0.2) is 4.77 Å². The molecule has 0 spiro atoms. The van der Waals surface area contributed by atoms with Gasteiger partial charge in [0.25, 0.3) is 0 Å². The SMILES string of the molecule is CCCCCCCC/C=C\CCCCCCCCOC(Sc1ccccc1)Sc1ccccc1. The third kappa shape index (κ3) is 15.7. The van der Waals surface area contributed by atoms with Crippen molar-refractivity contribution in [3.63, 3.8) is 0 Å². The van der Waals surface area contributed by atoms with Crippen LogP contribution in [0.1, 0.15) is 96.8 Å². The summed E-state index contributed by atoms with van der Waals surface area (Å²) in [7, 11) is 0. The summed E-state index contributed by atoms with van der Waals surface area (Å²) in [5.74, 6) is 0. The van der Waals surface area contributed by atoms with Crippen LogP contribution < -0.4 is 0 Å². The van der Waals surface area contributed by atoms with E-state index in [1.165, 1.54) is 93.3 Å². The number of hydrogen-bond donors (Lipinski definition) is 0. The van der Waals surface area contributed by atoms with E-state index in [0.29, 0.717) is 0 Å². The summed E-state index contributed by atoms with van der Waals surface area (Å²) in [5, 5.41) is 0. The standard InChI is InChI=1S/C31H46OS2/c1-2-3-4-5-6-7-8-9-10-11-12-13-14-15-16-23-28-32-31(33-29-24-19-17-20-25-29)34-30-26-21-18-22-27-30/h9-10,17-22,24-27,31H,2-8,11-16,23,28H2,1H3/b10-9-. The van der Waals surface area contributed by atoms with E-state index in [4.69, 9.17) is 4.74 Å². The smallest absolute Gasteiger partial charge is 0.158 e. The summed E-state index contributed by atoms with van der Waals surface area (Å²) < 4.78 is 6.38. The Morgan fingerprint density at radius 2 is 1.03 bits per heavy atom. The van der Waals surface area contributed by atoms with E-state index in [1.807, 2.05) is 0 Å². The molecule has 0 unspecified atom stereocenters. The van der Waals surface area contributed by atoms with Crippen LogP contribution >= 0.6 is 23.5 Å². The Kier molecular flexibility index (Phi) is 18.1. The Hall–Kier alpha value is -1.16. The molecule has 0 saturated carbocycles. The first-order valence-electron chi connectivity index (χ1n) is 13.6. The van der Waals surface area contributed by atoms with Crippen LogP contribution in [-0.4, -0.2) is 11.4 Å². The van der Waals surface area contributed by atoms with Gasteiger partial charge in [-0.1, -0.05) is 137 Å². The fourth-order valence-electron chi connectivity index (χ4n) is 3.84. The number of allylic oxidation sites excluding steroid dienone is 2. The fraction of sp³-hybridized carbons (Fsp3) is 0.548. The first-order valence-corrected chi connectivity index (χ1v) is 15.3. The van der Waals surface area contributed by atoms with Gasteiger partial charge >= 0.3 is 0 Å². The van der Waals surface area contributed by atoms with Crippen LogP contribution in [0.4, 0.5) is 0 Å². The van der Waals surface area contributed by atoms with Crippen LogP contribution in [0.25, 0.3) is 0 Å². The summed E-state index contributed by atoms with van der Waals surface area (Å²) in [6, 6.07) is 21.2. The van der Waals surface area contributed by atoms with Crippen molar-refractivity contribution in [2.24, 2.45) is 0 Å². The van der Waals surface area contributed by atoms with E-state index < -0.39 is 0 Å². The number of benzene rings is 2. The van der Waals surface area contributed by atoms with Gasteiger partial charge in [-0.25, -0.2) is 0 Å². The maximum absolute atomic E-state index is 6.29. The highest BCUT2D eigenvalue weighted by molar-refractivity contribution is 8.16. The predicted molar refractivity (Wildman–Crippen MR) is 154 cm³/mol. The molecular weight excluding hydrogens is 452 g/mol. The molecule has 0 aromatic heterocycles. The van der Waals surface area contributed by atoms with Gasteiger partial charge in [0, 0.05) is 16.4 Å². The van der Waals surface area contributed by atoms with E-state index in [-0.39, 0.29) is 4.77 Å². The minimum absolute atomic E-state index is 0.0907. The van der Waals surface area contributed by atoms with Crippen molar-refractivity contribution in [1.82, 2.24) is 0 Å². The number of thioether (sulfide) groups is 2. The zero-order valence-corrected chi connectivity index (χ0v) is 23.0. The molecule has 1 nitrogen and oxygen atoms in total. The second kappa shape index (κ2) is 21.1. The van der Waals surface area contributed by atoms with E-state index >= 15 is 0 Å². The lowest BCUT2D eigenvalue weighted by atomic mass is 10.1. The van der Waals surface area contributed by atoms with Crippen molar-refractivity contribution in [3.8, 4) is 0 Å². The second-order valence-corrected chi connectivity index (χ2v) is 11.5. The van der Waals surface area contributed by atoms with Crippen molar-refractivity contribution in [3.05, 3.63) is 72.8 Å². The molecule has 0 aliphatic rings. The highest BCUT2D eigenvalue weighted by Gasteiger charge is 2.12. The van der Waals surface area contributed by atoms with Gasteiger partial charge < -0.3 is 4.74 Å². The van der Waals surface area contributed by atoms with Crippen LogP contribution in [0.5, 0.6) is 0 Å². The monoisotopic (exact) mass is 498 g/mol. The lowest BCUT2D eigenvalue weighted by Gasteiger charge is -2.17. The maximum Gasteiger partial charge on any atom is 0.158 e. The molecule has 0 fully saturated rings. The van der Waals surface area contributed by atoms with E-state index in [1.54, 1.807) is 23.5 Å². The largest absolute Gasteiger partial charge is 0.357 e. The molecule has 0 aliphatic carbocycles. The summed E-state index contributed by atoms with van der Waals surface area (Å²) >= 11 is 3.61. The highest BCUT2D eigenvalue weighted by atomic mass is 32.2. The molecule has 2 aromatic rings. The molecule has 0 N–H and O–H groups in total. The Morgan fingerprint density at radius 1 is 0.588 bits per heavy atom. The summed E-state index contributed by atoms with van der Waals surface area (Å²) in [6.07, 6.45) is 23.5. The molecule has 0 saturated heterocycles. The lowest BCUT2D eigenvalue weighted by Crippen LogP contribution is -2.05. The third-order valence-electron chi connectivity index (χ3n) is 5.86. The zero-order valence-electron chi connectivity index (χ0n) is 21.3. The van der Waals surface area contributed by atoms with Crippen LogP contribution in [0.2, 0.25) is 0 Å². The van der Waals surface area contributed by atoms with Crippen LogP contribution in [0.15, 0.2) is 82.6 Å². The molecule has 0 amide bonds. The van der Waals surface area contributed by atoms with Crippen molar-refractivity contribution in [2.75, 3.05) is 6.61 Å². The van der Waals surface area contributed by atoms with Crippen molar-refractivity contribution < 1.29 is 4.74 Å². The molecule has 2 rings (SSSR count). The van der Waals surface area contributed by atoms with Gasteiger partial charge in [-0.05, 0) is 56.4 Å². The molecule has 34 heavy (non-hydrogen) atoms. The molecule has 2 aromatic carbocycles. The first kappa shape index (κ1) is 29.1. The highest BCUT2D eigenvalue weighted by Crippen LogP contribution is 2.36. The molecule has 0 heterocycles. The summed E-state index contributed by atoms with van der Waals surface area (Å²) in [4.78, 5) is 2.52. The average molecular weight is 499 g/mol. The fourth-order valence-corrected chi connectivity index (χ4v) is 6.10. The van der Waals surface area contributed by atoms with Gasteiger partial charge in [0.2, 0.25) is 0 Å². The average Bonchev–Trinajstić information content (AvgIpc) is 2.87. The molecule has 188 valence electrons. The predicted octanol–water partition coefficient (Wildman–Crippen LogP) is 10.9. The van der Waals surface area contributed by atoms with Crippen molar-refractivity contribution >= 4 is 23.5 Å². The minimum atomic E-state index is 0.0907. The van der Waals surface area contributed by atoms with Crippen LogP contribution in [0.3, 0.4) is 0 Å². The lowest BCUT2D eigenvalue weighted by molar-refractivity contribution is 0.157. The number of rotatable bonds is 21. The van der Waals surface area contributed by atoms with Gasteiger partial charge in [-0.3, -0.25) is 0 Å². The molecule has 0 atom stereocenters. The topological polar surface area (TPSA) is 9.23 Å². The Morgan fingerprint density at radius 3 is 1.53 bits per heavy atom. The Balaban J connectivity index is 1.48. The minimum Gasteiger partial charge on any atom is -0.357 e. The number of hydrogen-bond acceptors (Lipinski definition) is 3. The van der Waals surface area contributed by atoms with Crippen LogP contribution in [0, 0.1) is 0 Å². The Labute approximate surface area is 218 Å². The second-order valence-electron chi connectivity index (χ2n) is 8.96. The van der Waals surface area contributed by atoms with Crippen molar-refractivity contribution in [1.29, 1.82) is 0 Å². The van der Waals surface area contributed by atoms with Crippen molar-refractivity contribution in [2.45, 2.75) is 111 Å². The third-order valence-corrected chi connectivity index (χ3v) is 8.18. The van der Waals surface area contributed by atoms with E-state index in [2.05, 4.69) is 79.7 Å². The van der Waals surface area contributed by atoms with Gasteiger partial charge in [-0.2, -0.15) is 0 Å². The quantitative estimate of drug-likeness (QED) is 0.0733. The molecular formula is C31H46OS2. The molecule has 0 radical (unpaired) electrons. The maximum atomic E-state index is 6.29. The number of ether oxygens (including phenoxy) is 1. The number of unbranched alkanes of at least 4 members (excludes halogenated alkanes) is 12. The first-order chi connectivity index (χ1) is 16.9. The summed E-state index contributed by atoms with van der Waals surface area (Å²) in [6.45, 7) is 3.12. The normalized spacial score (nSPS) is 11.6. The zero-order chi connectivity index (χ0) is 23.9. The molecule has 0 aliphatic heterocycles. The molecule has 3 heteroatoms. The van der Waals surface area contributed by atoms with E-state index in [0.717, 1.165) is 13.0 Å². The van der Waals surface area contributed by atoms with Crippen LogP contribution in [-0.2, 0) is 4.74 Å². The summed E-state index contributed by atoms with van der Waals surface area (Å²) in [5.41, 5.74) is 0. The van der Waals surface area contributed by atoms with Gasteiger partial charge in [0.1, 0.15) is 0 Å². The molecule has 0 bridgehead atoms. The van der Waals surface area contributed by atoms with Gasteiger partial charge in [0.05, 0.1) is 0 Å². The Bertz CT molecular complexity index is 675. The van der Waals surface area contributed by atoms with E-state index in [9.17, 15) is 0 Å².